The summed E-state index contributed by atoms with van der Waals surface area (Å²) in [5, 5.41) is 1.88. The minimum Gasteiger partial charge on any atom is -0.450 e. The molecule has 0 bridgehead atoms. The van der Waals surface area contributed by atoms with Crippen molar-refractivity contribution in [2.45, 2.75) is 0 Å². The van der Waals surface area contributed by atoms with Crippen LogP contribution in [0.5, 0.6) is 0 Å². The van der Waals surface area contributed by atoms with Crippen molar-refractivity contribution in [3.05, 3.63) is 146 Å². The number of aromatic nitrogens is 10. The largest absolute Gasteiger partial charge is 0.450 e. The average Bonchev–Trinajstić information content (AvgIpc) is 4.11. The van der Waals surface area contributed by atoms with Crippen LogP contribution in [0.15, 0.2) is 155 Å². The first-order valence-corrected chi connectivity index (χ1v) is 18.9. The lowest BCUT2D eigenvalue weighted by molar-refractivity contribution is 0.661. The second kappa shape index (κ2) is 10.7. The zero-order chi connectivity index (χ0) is 37.6. The molecule has 8 aromatic heterocycles. The number of imidazole rings is 4. The Morgan fingerprint density at radius 2 is 0.845 bits per heavy atom. The van der Waals surface area contributed by atoms with Gasteiger partial charge in [0.15, 0.2) is 22.8 Å². The van der Waals surface area contributed by atoms with Crippen molar-refractivity contribution in [2.24, 2.45) is 0 Å². The van der Waals surface area contributed by atoms with E-state index in [0.29, 0.717) is 22.8 Å². The fraction of sp³-hybridized carbons (Fsp3) is 0. The van der Waals surface area contributed by atoms with Crippen LogP contribution in [0.1, 0.15) is 0 Å². The van der Waals surface area contributed by atoms with Gasteiger partial charge in [0.25, 0.3) is 0 Å². The van der Waals surface area contributed by atoms with Gasteiger partial charge in [0.2, 0.25) is 11.6 Å². The van der Waals surface area contributed by atoms with Gasteiger partial charge in [0, 0.05) is 10.8 Å². The summed E-state index contributed by atoms with van der Waals surface area (Å²) in [7, 11) is 0. The summed E-state index contributed by atoms with van der Waals surface area (Å²) in [6.45, 7) is 0. The topological polar surface area (TPSA) is 122 Å². The molecule has 12 nitrogen and oxygen atoms in total. The maximum absolute atomic E-state index is 6.44. The van der Waals surface area contributed by atoms with Crippen molar-refractivity contribution in [1.29, 1.82) is 0 Å². The minimum atomic E-state index is 0.606. The van der Waals surface area contributed by atoms with Crippen LogP contribution in [0.4, 0.5) is 0 Å². The first kappa shape index (κ1) is 29.9. The third-order valence-electron chi connectivity index (χ3n) is 11.4. The molecule has 0 spiro atoms. The van der Waals surface area contributed by atoms with E-state index >= 15 is 0 Å². The zero-order valence-electron chi connectivity index (χ0n) is 30.1. The molecule has 0 aliphatic heterocycles. The van der Waals surface area contributed by atoms with Gasteiger partial charge in [-0.15, -0.1) is 0 Å². The Labute approximate surface area is 324 Å². The SMILES string of the molecule is c1ccc2c(c1)nc1n(-c3ncnc4c3oc3ccccc34)c3ccc(-c4ccc5c(c4)n4c6ccccc6nc4n5-c4ncnc5c4oc4ccccc45)cc3n21. The number of hydrogen-bond donors (Lipinski definition) is 0. The van der Waals surface area contributed by atoms with Crippen molar-refractivity contribution < 1.29 is 8.83 Å². The number of para-hydroxylation sites is 6. The molecule has 0 amide bonds. The van der Waals surface area contributed by atoms with Gasteiger partial charge in [-0.25, -0.2) is 29.9 Å². The number of rotatable bonds is 3. The molecular formula is C46H24N10O2. The normalized spacial score (nSPS) is 12.5. The fourth-order valence-electron chi connectivity index (χ4n) is 8.92. The lowest BCUT2D eigenvalue weighted by atomic mass is 10.0. The van der Waals surface area contributed by atoms with E-state index < -0.39 is 0 Å². The van der Waals surface area contributed by atoms with Crippen LogP contribution in [-0.4, -0.2) is 47.8 Å². The molecule has 0 fully saturated rings. The quantitative estimate of drug-likeness (QED) is 0.175. The molecule has 0 aliphatic carbocycles. The van der Waals surface area contributed by atoms with Crippen molar-refractivity contribution in [1.82, 2.24) is 47.8 Å². The lowest BCUT2D eigenvalue weighted by Crippen LogP contribution is -1.99. The maximum atomic E-state index is 6.44. The Morgan fingerprint density at radius 1 is 0.397 bits per heavy atom. The van der Waals surface area contributed by atoms with Gasteiger partial charge in [-0.05, 0) is 83.9 Å². The molecule has 8 heterocycles. The Morgan fingerprint density at radius 3 is 1.34 bits per heavy atom. The molecular weight excluding hydrogens is 725 g/mol. The number of hydrogen-bond acceptors (Lipinski definition) is 8. The molecule has 0 aliphatic rings. The summed E-state index contributed by atoms with van der Waals surface area (Å²) in [6, 6.07) is 45.3. The van der Waals surface area contributed by atoms with E-state index in [9.17, 15) is 0 Å². The molecule has 0 saturated carbocycles. The highest BCUT2D eigenvalue weighted by Crippen LogP contribution is 2.39. The van der Waals surface area contributed by atoms with E-state index in [0.717, 1.165) is 99.8 Å². The standard InChI is InChI=1S/C46H24N10O2/c1-7-15-37-27(9-1)39-41(57-37)43(49-23-47-39)55-33-19-17-25(21-35(33)53-31-13-5-3-11-29(31)51-45(53)55)26-18-20-34-36(22-26)54-32-14-6-4-12-30(32)52-46(54)56(34)44-42-40(48-24-50-44)28-10-2-8-16-38(28)58-42/h1-24H. The maximum Gasteiger partial charge on any atom is 0.222 e. The highest BCUT2D eigenvalue weighted by atomic mass is 16.3. The zero-order valence-corrected chi connectivity index (χ0v) is 30.1. The van der Waals surface area contributed by atoms with E-state index in [1.54, 1.807) is 12.7 Å². The molecule has 0 atom stereocenters. The molecule has 58 heavy (non-hydrogen) atoms. The summed E-state index contributed by atoms with van der Waals surface area (Å²) >= 11 is 0. The summed E-state index contributed by atoms with van der Waals surface area (Å²) in [5.41, 5.74) is 13.9. The number of benzene rings is 6. The van der Waals surface area contributed by atoms with Gasteiger partial charge in [-0.3, -0.25) is 17.9 Å². The average molecular weight is 749 g/mol. The first-order chi connectivity index (χ1) is 28.8. The van der Waals surface area contributed by atoms with E-state index in [-0.39, 0.29) is 0 Å². The Balaban J connectivity index is 1.03. The minimum absolute atomic E-state index is 0.606. The van der Waals surface area contributed by atoms with Crippen molar-refractivity contribution in [3.8, 4) is 22.8 Å². The lowest BCUT2D eigenvalue weighted by Gasteiger charge is -2.07. The number of nitrogens with zero attached hydrogens (tertiary/aromatic N) is 10. The highest BCUT2D eigenvalue weighted by molar-refractivity contribution is 6.07. The third-order valence-corrected chi connectivity index (χ3v) is 11.4. The summed E-state index contributed by atoms with van der Waals surface area (Å²) < 4.78 is 21.4. The van der Waals surface area contributed by atoms with Gasteiger partial charge >= 0.3 is 0 Å². The van der Waals surface area contributed by atoms with Crippen LogP contribution in [-0.2, 0) is 0 Å². The molecule has 0 N–H and O–H groups in total. The van der Waals surface area contributed by atoms with Gasteiger partial charge in [-0.2, -0.15) is 0 Å². The summed E-state index contributed by atoms with van der Waals surface area (Å²) in [6.07, 6.45) is 3.20. The molecule has 0 unspecified atom stereocenters. The monoisotopic (exact) mass is 748 g/mol. The van der Waals surface area contributed by atoms with Crippen LogP contribution < -0.4 is 0 Å². The molecule has 14 rings (SSSR count). The van der Waals surface area contributed by atoms with Crippen LogP contribution in [0, 0.1) is 0 Å². The van der Waals surface area contributed by atoms with Crippen LogP contribution >= 0.6 is 0 Å². The van der Waals surface area contributed by atoms with Crippen molar-refractivity contribution >= 4 is 99.8 Å². The molecule has 0 saturated heterocycles. The van der Waals surface area contributed by atoms with Gasteiger partial charge in [0.05, 0.1) is 44.1 Å². The third kappa shape index (κ3) is 3.77. The van der Waals surface area contributed by atoms with E-state index in [2.05, 4.69) is 76.4 Å². The highest BCUT2D eigenvalue weighted by Gasteiger charge is 2.25. The van der Waals surface area contributed by atoms with Gasteiger partial charge in [0.1, 0.15) is 34.9 Å². The molecule has 270 valence electrons. The molecule has 6 aromatic carbocycles. The van der Waals surface area contributed by atoms with E-state index in [4.69, 9.17) is 28.8 Å². The first-order valence-electron chi connectivity index (χ1n) is 18.9. The Bertz CT molecular complexity index is 3800. The molecule has 14 aromatic rings. The molecule has 12 heteroatoms. The second-order valence-corrected chi connectivity index (χ2v) is 14.5. The van der Waals surface area contributed by atoms with E-state index in [1.165, 1.54) is 0 Å². The van der Waals surface area contributed by atoms with Crippen LogP contribution in [0.2, 0.25) is 0 Å². The van der Waals surface area contributed by atoms with E-state index in [1.807, 2.05) is 84.9 Å². The van der Waals surface area contributed by atoms with Crippen LogP contribution in [0.25, 0.3) is 123 Å². The fourth-order valence-corrected chi connectivity index (χ4v) is 8.92. The van der Waals surface area contributed by atoms with Crippen molar-refractivity contribution in [3.63, 3.8) is 0 Å². The second-order valence-electron chi connectivity index (χ2n) is 14.5. The number of fused-ring (bicyclic) bond motifs is 16. The Kier molecular flexibility index (Phi) is 5.51. The summed E-state index contributed by atoms with van der Waals surface area (Å²) in [4.78, 5) is 29.2. The van der Waals surface area contributed by atoms with Gasteiger partial charge in [-0.1, -0.05) is 60.7 Å². The van der Waals surface area contributed by atoms with Crippen LogP contribution in [0.3, 0.4) is 0 Å². The Hall–Kier alpha value is -8.38. The number of furan rings is 2. The predicted octanol–water partition coefficient (Wildman–Crippen LogP) is 10.2. The van der Waals surface area contributed by atoms with Crippen molar-refractivity contribution in [2.75, 3.05) is 0 Å². The summed E-state index contributed by atoms with van der Waals surface area (Å²) in [5.74, 6) is 2.72. The molecule has 0 radical (unpaired) electrons. The van der Waals surface area contributed by atoms with Gasteiger partial charge < -0.3 is 8.83 Å². The smallest absolute Gasteiger partial charge is 0.222 e. The predicted molar refractivity (Wildman–Crippen MR) is 224 cm³/mol.